The third kappa shape index (κ3) is 5.54. The average Bonchev–Trinajstić information content (AvgIpc) is 2.23. The minimum atomic E-state index is -4.89. The molecule has 0 spiro atoms. The van der Waals surface area contributed by atoms with E-state index in [1.165, 1.54) is 0 Å². The molecule has 0 saturated carbocycles. The van der Waals surface area contributed by atoms with Crippen molar-refractivity contribution in [1.29, 1.82) is 0 Å². The molecule has 136 valence electrons. The Balaban J connectivity index is 0.00000484. The third-order valence-electron chi connectivity index (χ3n) is 4.38. The maximum Gasteiger partial charge on any atom is 2.00 e. The number of hydrogen-bond donors (Lipinski definition) is 1. The van der Waals surface area contributed by atoms with Gasteiger partial charge in [0.05, 0.1) is 5.60 Å². The number of allylic oxidation sites excluding steroid dienone is 2. The van der Waals surface area contributed by atoms with E-state index in [0.29, 0.717) is 0 Å². The zero-order valence-electron chi connectivity index (χ0n) is 15.1. The van der Waals surface area contributed by atoms with E-state index in [4.69, 9.17) is 0 Å². The summed E-state index contributed by atoms with van der Waals surface area (Å²) in [4.78, 5) is 23.3. The zero-order chi connectivity index (χ0) is 17.6. The molecule has 0 saturated heterocycles. The average molecular weight is 387 g/mol. The summed E-state index contributed by atoms with van der Waals surface area (Å²) in [5.41, 5.74) is -1.53. The monoisotopic (exact) mass is 386 g/mol. The summed E-state index contributed by atoms with van der Waals surface area (Å²) < 4.78 is 11.6. The molecule has 1 rings (SSSR count). The van der Waals surface area contributed by atoms with Gasteiger partial charge in [0.15, 0.2) is 0 Å². The fraction of sp³-hybridized carbons (Fsp3) is 0.765. The first-order valence-corrected chi connectivity index (χ1v) is 9.41. The Morgan fingerprint density at radius 1 is 1.22 bits per heavy atom. The molecule has 0 fully saturated rings. The van der Waals surface area contributed by atoms with E-state index < -0.39 is 18.9 Å². The van der Waals surface area contributed by atoms with Crippen LogP contribution in [0.4, 0.5) is 0 Å². The Morgan fingerprint density at radius 2 is 1.70 bits per heavy atom. The van der Waals surface area contributed by atoms with Gasteiger partial charge >= 0.3 is 16.5 Å². The predicted molar refractivity (Wildman–Crippen MR) is 86.3 cm³/mol. The second-order valence-electron chi connectivity index (χ2n) is 8.40. The van der Waals surface area contributed by atoms with Gasteiger partial charge in [0.25, 0.3) is 0 Å². The van der Waals surface area contributed by atoms with Gasteiger partial charge in [-0.1, -0.05) is 67.7 Å². The van der Waals surface area contributed by atoms with Gasteiger partial charge in [0, 0.05) is 12.1 Å². The van der Waals surface area contributed by atoms with Crippen LogP contribution in [0.2, 0.25) is 0 Å². The van der Waals surface area contributed by atoms with Crippen molar-refractivity contribution in [3.63, 3.8) is 0 Å². The van der Waals surface area contributed by atoms with Crippen LogP contribution in [0.15, 0.2) is 23.3 Å². The van der Waals surface area contributed by atoms with Gasteiger partial charge in [-0.3, -0.25) is 0 Å². The molecule has 0 aromatic heterocycles. The molecule has 23 heavy (non-hydrogen) atoms. The van der Waals surface area contributed by atoms with Crippen LogP contribution in [0.25, 0.3) is 0 Å². The van der Waals surface area contributed by atoms with Crippen molar-refractivity contribution in [1.82, 2.24) is 0 Å². The number of rotatable bonds is 3. The van der Waals surface area contributed by atoms with Gasteiger partial charge in [-0.2, -0.15) is 0 Å². The van der Waals surface area contributed by atoms with E-state index in [0.717, 1.165) is 11.1 Å². The summed E-state index contributed by atoms with van der Waals surface area (Å²) >= 11 is 0. The Hall–Kier alpha value is 0.0835. The summed E-state index contributed by atoms with van der Waals surface area (Å²) in [6, 6.07) is 0. The molecular formula is C17H29NiO4P. The Labute approximate surface area is 150 Å². The van der Waals surface area contributed by atoms with Gasteiger partial charge in [0.2, 0.25) is 0 Å². The number of hydrogen-bond acceptors (Lipinski definition) is 4. The SMILES string of the molecule is CCC(C1(O)C=C(C(C)(C)C)C=C(C(C)(C)C)C1)P(=O)([O-])[O-].[Ni+2]. The molecule has 0 radical (unpaired) electrons. The van der Waals surface area contributed by atoms with Gasteiger partial charge in [-0.15, -0.1) is 0 Å². The molecule has 4 nitrogen and oxygen atoms in total. The van der Waals surface area contributed by atoms with Crippen LogP contribution in [0.3, 0.4) is 0 Å². The van der Waals surface area contributed by atoms with Gasteiger partial charge in [0.1, 0.15) is 0 Å². The van der Waals surface area contributed by atoms with E-state index in [-0.39, 0.29) is 40.2 Å². The fourth-order valence-corrected chi connectivity index (χ4v) is 4.05. The van der Waals surface area contributed by atoms with Crippen LogP contribution in [-0.2, 0) is 21.1 Å². The summed E-state index contributed by atoms with van der Waals surface area (Å²) in [6.45, 7) is 13.7. The molecule has 0 bridgehead atoms. The summed E-state index contributed by atoms with van der Waals surface area (Å²) in [7, 11) is -4.89. The van der Waals surface area contributed by atoms with Crippen molar-refractivity contribution in [2.24, 2.45) is 10.8 Å². The van der Waals surface area contributed by atoms with Crippen LogP contribution in [0, 0.1) is 10.8 Å². The molecule has 2 unspecified atom stereocenters. The summed E-state index contributed by atoms with van der Waals surface area (Å²) in [5, 5.41) is 11.0. The van der Waals surface area contributed by atoms with Gasteiger partial charge in [-0.05, 0) is 28.9 Å². The summed E-state index contributed by atoms with van der Waals surface area (Å²) in [5.74, 6) is 0. The summed E-state index contributed by atoms with van der Waals surface area (Å²) in [6.07, 6.45) is 3.93. The molecule has 0 aromatic carbocycles. The molecule has 1 aliphatic carbocycles. The van der Waals surface area contributed by atoms with Crippen LogP contribution in [0.5, 0.6) is 0 Å². The van der Waals surface area contributed by atoms with Crippen LogP contribution < -0.4 is 9.79 Å². The minimum absolute atomic E-state index is 0. The van der Waals surface area contributed by atoms with Crippen LogP contribution in [-0.4, -0.2) is 16.4 Å². The Bertz CT molecular complexity index is 534. The molecule has 0 amide bonds. The molecule has 6 heteroatoms. The maximum absolute atomic E-state index is 11.6. The second-order valence-corrected chi connectivity index (χ2v) is 10.1. The molecule has 2 atom stereocenters. The van der Waals surface area contributed by atoms with Crippen molar-refractivity contribution in [3.05, 3.63) is 23.3 Å². The van der Waals surface area contributed by atoms with Crippen molar-refractivity contribution in [2.45, 2.75) is 72.6 Å². The molecule has 0 aromatic rings. The molecular weight excluding hydrogens is 358 g/mol. The Kier molecular flexibility index (Phi) is 7.16. The van der Waals surface area contributed by atoms with Crippen molar-refractivity contribution in [2.75, 3.05) is 0 Å². The van der Waals surface area contributed by atoms with Gasteiger partial charge in [-0.25, -0.2) is 0 Å². The molecule has 0 aliphatic heterocycles. The van der Waals surface area contributed by atoms with Crippen molar-refractivity contribution < 1.29 is 35.9 Å². The fourth-order valence-electron chi connectivity index (χ4n) is 2.89. The standard InChI is InChI=1S/C17H31O4P.Ni/c1-8-14(22(19,20)21)17(18)10-12(15(2,3)4)9-13(11-17)16(5,6)7;/h9-10,14,18H,8,11H2,1-7H3,(H2,19,20,21);/q;+2/p-2. The Morgan fingerprint density at radius 3 is 2.00 bits per heavy atom. The first-order chi connectivity index (χ1) is 9.61. The van der Waals surface area contributed by atoms with Crippen LogP contribution >= 0.6 is 7.60 Å². The zero-order valence-corrected chi connectivity index (χ0v) is 17.0. The van der Waals surface area contributed by atoms with E-state index in [1.807, 2.05) is 47.6 Å². The minimum Gasteiger partial charge on any atom is -0.810 e. The van der Waals surface area contributed by atoms with E-state index >= 15 is 0 Å². The quantitative estimate of drug-likeness (QED) is 0.597. The van der Waals surface area contributed by atoms with Crippen molar-refractivity contribution >= 4 is 7.60 Å². The van der Waals surface area contributed by atoms with E-state index in [9.17, 15) is 19.5 Å². The third-order valence-corrected chi connectivity index (χ3v) is 5.96. The molecule has 1 aliphatic rings. The molecule has 1 N–H and O–H groups in total. The first kappa shape index (κ1) is 23.1. The predicted octanol–water partition coefficient (Wildman–Crippen LogP) is 2.76. The largest absolute Gasteiger partial charge is 2.00 e. The first-order valence-electron chi connectivity index (χ1n) is 7.80. The second kappa shape index (κ2) is 7.14. The van der Waals surface area contributed by atoms with E-state index in [2.05, 4.69) is 0 Å². The topological polar surface area (TPSA) is 83.4 Å². The maximum atomic E-state index is 11.6. The van der Waals surface area contributed by atoms with Gasteiger partial charge < -0.3 is 19.5 Å². The number of aliphatic hydroxyl groups is 1. The smallest absolute Gasteiger partial charge is 0.810 e. The van der Waals surface area contributed by atoms with Crippen molar-refractivity contribution in [3.8, 4) is 0 Å². The van der Waals surface area contributed by atoms with E-state index in [1.54, 1.807) is 13.0 Å². The normalized spacial score (nSPS) is 24.4. The molecule has 0 heterocycles. The van der Waals surface area contributed by atoms with Crippen LogP contribution in [0.1, 0.15) is 61.3 Å².